The van der Waals surface area contributed by atoms with E-state index in [1.807, 2.05) is 18.2 Å². The standard InChI is InChI=1S/C12H16N2O3.ClH/c13-4-1-5-14-12(15)7-9-2-3-10-11(6-9)17-8-16-10;/h2-3,6H,1,4-5,7-8,13H2,(H,14,15);1H. The molecular weight excluding hydrogens is 256 g/mol. The van der Waals surface area contributed by atoms with E-state index in [4.69, 9.17) is 15.2 Å². The monoisotopic (exact) mass is 272 g/mol. The summed E-state index contributed by atoms with van der Waals surface area (Å²) in [6, 6.07) is 5.53. The van der Waals surface area contributed by atoms with Crippen molar-refractivity contribution >= 4 is 18.3 Å². The first-order valence-corrected chi connectivity index (χ1v) is 5.65. The van der Waals surface area contributed by atoms with Gasteiger partial charge in [0.1, 0.15) is 0 Å². The number of rotatable bonds is 5. The average molecular weight is 273 g/mol. The summed E-state index contributed by atoms with van der Waals surface area (Å²) in [6.45, 7) is 1.46. The summed E-state index contributed by atoms with van der Waals surface area (Å²) in [6.07, 6.45) is 1.15. The van der Waals surface area contributed by atoms with Crippen LogP contribution >= 0.6 is 12.4 Å². The minimum absolute atomic E-state index is 0. The highest BCUT2D eigenvalue weighted by Gasteiger charge is 2.14. The van der Waals surface area contributed by atoms with Gasteiger partial charge in [-0.05, 0) is 30.7 Å². The summed E-state index contributed by atoms with van der Waals surface area (Å²) in [5.74, 6) is 1.44. The molecular formula is C12H17ClN2O3. The molecule has 1 aliphatic rings. The van der Waals surface area contributed by atoms with Crippen molar-refractivity contribution in [1.82, 2.24) is 5.32 Å². The van der Waals surface area contributed by atoms with E-state index in [2.05, 4.69) is 5.32 Å². The number of hydrogen-bond acceptors (Lipinski definition) is 4. The van der Waals surface area contributed by atoms with Crippen molar-refractivity contribution in [3.63, 3.8) is 0 Å². The maximum absolute atomic E-state index is 11.6. The number of hydrogen-bond donors (Lipinski definition) is 2. The van der Waals surface area contributed by atoms with Crippen molar-refractivity contribution in [3.8, 4) is 11.5 Å². The minimum atomic E-state index is -0.00249. The van der Waals surface area contributed by atoms with Crippen LogP contribution in [0, 0.1) is 0 Å². The van der Waals surface area contributed by atoms with Gasteiger partial charge in [0.15, 0.2) is 11.5 Å². The molecule has 1 amide bonds. The number of amides is 1. The summed E-state index contributed by atoms with van der Waals surface area (Å²) < 4.78 is 10.4. The van der Waals surface area contributed by atoms with E-state index in [0.29, 0.717) is 25.3 Å². The molecule has 6 heteroatoms. The highest BCUT2D eigenvalue weighted by Crippen LogP contribution is 2.32. The third kappa shape index (κ3) is 3.78. The van der Waals surface area contributed by atoms with Gasteiger partial charge < -0.3 is 20.5 Å². The number of nitrogens with one attached hydrogen (secondary N) is 1. The van der Waals surface area contributed by atoms with E-state index in [1.54, 1.807) is 0 Å². The van der Waals surface area contributed by atoms with Gasteiger partial charge in [-0.25, -0.2) is 0 Å². The first-order chi connectivity index (χ1) is 8.29. The Hall–Kier alpha value is -1.46. The molecule has 0 aromatic heterocycles. The first-order valence-electron chi connectivity index (χ1n) is 5.65. The zero-order valence-electron chi connectivity index (χ0n) is 9.98. The fourth-order valence-corrected chi connectivity index (χ4v) is 1.63. The Balaban J connectivity index is 0.00000162. The second kappa shape index (κ2) is 7.08. The third-order valence-electron chi connectivity index (χ3n) is 2.50. The molecule has 3 N–H and O–H groups in total. The van der Waals surface area contributed by atoms with E-state index in [1.165, 1.54) is 0 Å². The van der Waals surface area contributed by atoms with Gasteiger partial charge in [-0.15, -0.1) is 12.4 Å². The highest BCUT2D eigenvalue weighted by atomic mass is 35.5. The van der Waals surface area contributed by atoms with Crippen molar-refractivity contribution in [2.75, 3.05) is 19.9 Å². The van der Waals surface area contributed by atoms with E-state index < -0.39 is 0 Å². The summed E-state index contributed by atoms with van der Waals surface area (Å²) in [5, 5.41) is 2.81. The number of nitrogens with two attached hydrogens (primary N) is 1. The molecule has 1 aromatic rings. The molecule has 1 aromatic carbocycles. The summed E-state index contributed by atoms with van der Waals surface area (Å²) in [7, 11) is 0. The molecule has 18 heavy (non-hydrogen) atoms. The average Bonchev–Trinajstić information content (AvgIpc) is 2.76. The molecule has 0 fully saturated rings. The van der Waals surface area contributed by atoms with Crippen LogP contribution in [0.2, 0.25) is 0 Å². The lowest BCUT2D eigenvalue weighted by molar-refractivity contribution is -0.120. The molecule has 1 aliphatic heterocycles. The summed E-state index contributed by atoms with van der Waals surface area (Å²) in [4.78, 5) is 11.6. The Kier molecular flexibility index (Phi) is 5.74. The smallest absolute Gasteiger partial charge is 0.231 e. The SMILES string of the molecule is Cl.NCCCNC(=O)Cc1ccc2c(c1)OCO2. The lowest BCUT2D eigenvalue weighted by Crippen LogP contribution is -2.27. The molecule has 0 saturated carbocycles. The fraction of sp³-hybridized carbons (Fsp3) is 0.417. The van der Waals surface area contributed by atoms with Crippen molar-refractivity contribution in [1.29, 1.82) is 0 Å². The van der Waals surface area contributed by atoms with Crippen LogP contribution in [0.4, 0.5) is 0 Å². The van der Waals surface area contributed by atoms with Crippen LogP contribution in [-0.4, -0.2) is 25.8 Å². The summed E-state index contributed by atoms with van der Waals surface area (Å²) in [5.41, 5.74) is 6.26. The number of halogens is 1. The molecule has 0 radical (unpaired) electrons. The maximum Gasteiger partial charge on any atom is 0.231 e. The van der Waals surface area contributed by atoms with Gasteiger partial charge in [-0.1, -0.05) is 6.07 Å². The first kappa shape index (κ1) is 14.6. The number of fused-ring (bicyclic) bond motifs is 1. The molecule has 2 rings (SSSR count). The lowest BCUT2D eigenvalue weighted by atomic mass is 10.1. The van der Waals surface area contributed by atoms with Gasteiger partial charge >= 0.3 is 0 Å². The van der Waals surface area contributed by atoms with Crippen LogP contribution in [0.15, 0.2) is 18.2 Å². The topological polar surface area (TPSA) is 73.6 Å². The van der Waals surface area contributed by atoms with Crippen LogP contribution in [0.25, 0.3) is 0 Å². The van der Waals surface area contributed by atoms with Crippen molar-refractivity contribution < 1.29 is 14.3 Å². The fourth-order valence-electron chi connectivity index (χ4n) is 1.63. The van der Waals surface area contributed by atoms with Gasteiger partial charge in [0.05, 0.1) is 6.42 Å². The van der Waals surface area contributed by atoms with Crippen molar-refractivity contribution in [3.05, 3.63) is 23.8 Å². The molecule has 0 atom stereocenters. The second-order valence-corrected chi connectivity index (χ2v) is 3.86. The van der Waals surface area contributed by atoms with Crippen LogP contribution in [-0.2, 0) is 11.2 Å². The normalized spacial score (nSPS) is 11.8. The molecule has 1 heterocycles. The molecule has 100 valence electrons. The van der Waals surface area contributed by atoms with Gasteiger partial charge in [0.25, 0.3) is 0 Å². The van der Waals surface area contributed by atoms with Crippen LogP contribution in [0.5, 0.6) is 11.5 Å². The van der Waals surface area contributed by atoms with Gasteiger partial charge in [-0.3, -0.25) is 4.79 Å². The van der Waals surface area contributed by atoms with Crippen LogP contribution in [0.3, 0.4) is 0 Å². The van der Waals surface area contributed by atoms with Crippen LogP contribution < -0.4 is 20.5 Å². The van der Waals surface area contributed by atoms with E-state index >= 15 is 0 Å². The molecule has 0 saturated heterocycles. The van der Waals surface area contributed by atoms with Crippen LogP contribution in [0.1, 0.15) is 12.0 Å². The molecule has 0 bridgehead atoms. The van der Waals surface area contributed by atoms with Gasteiger partial charge in [0.2, 0.25) is 12.7 Å². The molecule has 0 unspecified atom stereocenters. The van der Waals surface area contributed by atoms with Gasteiger partial charge in [0, 0.05) is 6.54 Å². The Bertz CT molecular complexity index is 412. The van der Waals surface area contributed by atoms with Gasteiger partial charge in [-0.2, -0.15) is 0 Å². The predicted molar refractivity (Wildman–Crippen MR) is 70.2 cm³/mol. The Morgan fingerprint density at radius 3 is 2.89 bits per heavy atom. The second-order valence-electron chi connectivity index (χ2n) is 3.86. The number of carbonyl (C=O) groups excluding carboxylic acids is 1. The van der Waals surface area contributed by atoms with Crippen molar-refractivity contribution in [2.45, 2.75) is 12.8 Å². The maximum atomic E-state index is 11.6. The molecule has 0 spiro atoms. The number of ether oxygens (including phenoxy) is 2. The van der Waals surface area contributed by atoms with E-state index in [9.17, 15) is 4.79 Å². The molecule has 0 aliphatic carbocycles. The summed E-state index contributed by atoms with van der Waals surface area (Å²) >= 11 is 0. The predicted octanol–water partition coefficient (Wildman–Crippen LogP) is 0.845. The highest BCUT2D eigenvalue weighted by molar-refractivity contribution is 5.85. The molecule has 5 nitrogen and oxygen atoms in total. The van der Waals surface area contributed by atoms with E-state index in [0.717, 1.165) is 17.7 Å². The zero-order chi connectivity index (χ0) is 12.1. The Labute approximate surface area is 112 Å². The largest absolute Gasteiger partial charge is 0.454 e. The Morgan fingerprint density at radius 2 is 2.11 bits per heavy atom. The quantitative estimate of drug-likeness (QED) is 0.779. The van der Waals surface area contributed by atoms with E-state index in [-0.39, 0.29) is 25.1 Å². The Morgan fingerprint density at radius 1 is 1.33 bits per heavy atom. The third-order valence-corrected chi connectivity index (χ3v) is 2.50. The van der Waals surface area contributed by atoms with Crippen molar-refractivity contribution in [2.24, 2.45) is 5.73 Å². The number of carbonyl (C=O) groups is 1. The lowest BCUT2D eigenvalue weighted by Gasteiger charge is -2.05. The minimum Gasteiger partial charge on any atom is -0.454 e. The zero-order valence-corrected chi connectivity index (χ0v) is 10.8. The number of benzene rings is 1.